The summed E-state index contributed by atoms with van der Waals surface area (Å²) in [6.45, 7) is 1.83. The van der Waals surface area contributed by atoms with E-state index in [2.05, 4.69) is 4.74 Å². The van der Waals surface area contributed by atoms with Gasteiger partial charge in [-0.15, -0.1) is 0 Å². The van der Waals surface area contributed by atoms with Crippen LogP contribution in [0.3, 0.4) is 0 Å². The number of hydrogen-bond donors (Lipinski definition) is 0. The van der Waals surface area contributed by atoms with Crippen molar-refractivity contribution in [3.8, 4) is 0 Å². The minimum absolute atomic E-state index is 0.0187. The second-order valence-electron chi connectivity index (χ2n) is 3.16. The molecule has 0 bridgehead atoms. The van der Waals surface area contributed by atoms with Gasteiger partial charge in [0.15, 0.2) is 0 Å². The predicted molar refractivity (Wildman–Crippen MR) is 51.7 cm³/mol. The Morgan fingerprint density at radius 2 is 1.87 bits per heavy atom. The Hall–Kier alpha value is -1.45. The fourth-order valence-corrected chi connectivity index (χ4v) is 1.33. The van der Waals surface area contributed by atoms with Crippen molar-refractivity contribution in [1.29, 1.82) is 0 Å². The molecule has 2 nitrogen and oxygen atoms in total. The summed E-state index contributed by atoms with van der Waals surface area (Å²) in [7, 11) is 1.16. The van der Waals surface area contributed by atoms with Gasteiger partial charge in [-0.1, -0.05) is 13.3 Å². The van der Waals surface area contributed by atoms with Crippen molar-refractivity contribution in [2.24, 2.45) is 0 Å². The summed E-state index contributed by atoms with van der Waals surface area (Å²) in [5.74, 6) is -2.13. The van der Waals surface area contributed by atoms with Crippen molar-refractivity contribution in [1.82, 2.24) is 0 Å². The van der Waals surface area contributed by atoms with Gasteiger partial charge in [0.1, 0.15) is 11.6 Å². The van der Waals surface area contributed by atoms with Crippen molar-refractivity contribution in [3.05, 3.63) is 34.9 Å². The van der Waals surface area contributed by atoms with Gasteiger partial charge in [-0.25, -0.2) is 13.6 Å². The monoisotopic (exact) mass is 214 g/mol. The molecule has 0 aliphatic carbocycles. The van der Waals surface area contributed by atoms with E-state index in [9.17, 15) is 13.6 Å². The van der Waals surface area contributed by atoms with E-state index in [1.54, 1.807) is 0 Å². The summed E-state index contributed by atoms with van der Waals surface area (Å²) >= 11 is 0. The maximum atomic E-state index is 13.3. The molecular weight excluding hydrogens is 202 g/mol. The summed E-state index contributed by atoms with van der Waals surface area (Å²) in [6, 6.07) is 2.00. The molecule has 0 aliphatic rings. The van der Waals surface area contributed by atoms with Crippen LogP contribution in [0, 0.1) is 11.6 Å². The van der Waals surface area contributed by atoms with Crippen molar-refractivity contribution >= 4 is 5.97 Å². The molecule has 1 aromatic carbocycles. The van der Waals surface area contributed by atoms with Crippen LogP contribution in [0.2, 0.25) is 0 Å². The van der Waals surface area contributed by atoms with E-state index in [0.29, 0.717) is 12.8 Å². The van der Waals surface area contributed by atoms with Crippen LogP contribution in [0.5, 0.6) is 0 Å². The lowest BCUT2D eigenvalue weighted by molar-refractivity contribution is 0.0599. The molecule has 1 aromatic rings. The number of carbonyl (C=O) groups is 1. The van der Waals surface area contributed by atoms with Crippen LogP contribution in [-0.4, -0.2) is 13.1 Å². The Bertz CT molecular complexity index is 352. The molecule has 15 heavy (non-hydrogen) atoms. The van der Waals surface area contributed by atoms with Gasteiger partial charge in [-0.2, -0.15) is 0 Å². The molecule has 0 fully saturated rings. The first-order valence-corrected chi connectivity index (χ1v) is 4.66. The van der Waals surface area contributed by atoms with E-state index in [-0.39, 0.29) is 11.1 Å². The smallest absolute Gasteiger partial charge is 0.338 e. The molecule has 0 spiro atoms. The average Bonchev–Trinajstić information content (AvgIpc) is 2.22. The van der Waals surface area contributed by atoms with E-state index < -0.39 is 17.6 Å². The van der Waals surface area contributed by atoms with Gasteiger partial charge in [-0.3, -0.25) is 0 Å². The zero-order valence-electron chi connectivity index (χ0n) is 8.64. The highest BCUT2D eigenvalue weighted by atomic mass is 19.1. The van der Waals surface area contributed by atoms with E-state index in [1.165, 1.54) is 0 Å². The molecule has 1 rings (SSSR count). The first-order valence-electron chi connectivity index (χ1n) is 4.66. The van der Waals surface area contributed by atoms with Crippen LogP contribution in [-0.2, 0) is 11.2 Å². The van der Waals surface area contributed by atoms with Crippen molar-refractivity contribution < 1.29 is 18.3 Å². The third kappa shape index (κ3) is 2.52. The van der Waals surface area contributed by atoms with Crippen LogP contribution in [0.15, 0.2) is 12.1 Å². The van der Waals surface area contributed by atoms with Crippen LogP contribution >= 0.6 is 0 Å². The number of halogens is 2. The van der Waals surface area contributed by atoms with Crippen LogP contribution < -0.4 is 0 Å². The number of ether oxygens (including phenoxy) is 1. The summed E-state index contributed by atoms with van der Waals surface area (Å²) < 4.78 is 31.1. The van der Waals surface area contributed by atoms with E-state index in [4.69, 9.17) is 0 Å². The second kappa shape index (κ2) is 4.87. The Balaban J connectivity index is 3.13. The molecule has 0 saturated carbocycles. The summed E-state index contributed by atoms with van der Waals surface area (Å²) in [4.78, 5) is 11.0. The van der Waals surface area contributed by atoms with Gasteiger partial charge < -0.3 is 4.74 Å². The minimum atomic E-state index is -0.740. The molecule has 0 aromatic heterocycles. The first kappa shape index (κ1) is 11.6. The highest BCUT2D eigenvalue weighted by Crippen LogP contribution is 2.17. The summed E-state index contributed by atoms with van der Waals surface area (Å²) in [5, 5.41) is 0. The van der Waals surface area contributed by atoms with Crippen molar-refractivity contribution in [3.63, 3.8) is 0 Å². The maximum absolute atomic E-state index is 13.3. The van der Waals surface area contributed by atoms with Crippen molar-refractivity contribution in [2.45, 2.75) is 19.8 Å². The number of hydrogen-bond acceptors (Lipinski definition) is 2. The topological polar surface area (TPSA) is 26.3 Å². The molecular formula is C11H12F2O2. The fraction of sp³-hybridized carbons (Fsp3) is 0.364. The van der Waals surface area contributed by atoms with Gasteiger partial charge in [0.25, 0.3) is 0 Å². The van der Waals surface area contributed by atoms with Gasteiger partial charge in [-0.05, 0) is 18.6 Å². The third-order valence-corrected chi connectivity index (χ3v) is 2.06. The number of methoxy groups -OCH3 is 1. The minimum Gasteiger partial charge on any atom is -0.465 e. The Kier molecular flexibility index (Phi) is 3.77. The Morgan fingerprint density at radius 1 is 1.33 bits per heavy atom. The normalized spacial score (nSPS) is 10.1. The summed E-state index contributed by atoms with van der Waals surface area (Å²) in [5.41, 5.74) is -0.0856. The molecule has 0 unspecified atom stereocenters. The number of esters is 1. The van der Waals surface area contributed by atoms with Crippen molar-refractivity contribution in [2.75, 3.05) is 7.11 Å². The molecule has 0 amide bonds. The standard InChI is InChI=1S/C11H12F2O2/c1-3-4-8-9(12)5-7(6-10(8)13)11(14)15-2/h5-6H,3-4H2,1-2H3. The van der Waals surface area contributed by atoms with Gasteiger partial charge in [0, 0.05) is 5.56 Å². The first-order chi connectivity index (χ1) is 7.10. The Morgan fingerprint density at radius 3 is 2.27 bits per heavy atom. The quantitative estimate of drug-likeness (QED) is 0.723. The van der Waals surface area contributed by atoms with E-state index >= 15 is 0 Å². The zero-order valence-corrected chi connectivity index (χ0v) is 8.64. The lowest BCUT2D eigenvalue weighted by Crippen LogP contribution is -2.05. The molecule has 0 heterocycles. The number of carbonyl (C=O) groups excluding carboxylic acids is 1. The zero-order chi connectivity index (χ0) is 11.4. The molecule has 0 atom stereocenters. The molecule has 0 N–H and O–H groups in total. The largest absolute Gasteiger partial charge is 0.465 e. The highest BCUT2D eigenvalue weighted by Gasteiger charge is 2.14. The van der Waals surface area contributed by atoms with Gasteiger partial charge in [0.05, 0.1) is 12.7 Å². The van der Waals surface area contributed by atoms with Crippen LogP contribution in [0.25, 0.3) is 0 Å². The predicted octanol–water partition coefficient (Wildman–Crippen LogP) is 2.70. The Labute approximate surface area is 86.9 Å². The van der Waals surface area contributed by atoms with Crippen LogP contribution in [0.1, 0.15) is 29.3 Å². The van der Waals surface area contributed by atoms with Crippen LogP contribution in [0.4, 0.5) is 8.78 Å². The SMILES string of the molecule is CCCc1c(F)cc(C(=O)OC)cc1F. The molecule has 4 heteroatoms. The third-order valence-electron chi connectivity index (χ3n) is 2.06. The molecule has 0 aliphatic heterocycles. The van der Waals surface area contributed by atoms with Gasteiger partial charge in [0.2, 0.25) is 0 Å². The molecule has 0 radical (unpaired) electrons. The lowest BCUT2D eigenvalue weighted by Gasteiger charge is -2.05. The average molecular weight is 214 g/mol. The second-order valence-corrected chi connectivity index (χ2v) is 3.16. The van der Waals surface area contributed by atoms with E-state index in [0.717, 1.165) is 19.2 Å². The number of benzene rings is 1. The molecule has 82 valence electrons. The van der Waals surface area contributed by atoms with E-state index in [1.807, 2.05) is 6.92 Å². The maximum Gasteiger partial charge on any atom is 0.338 e. The number of rotatable bonds is 3. The summed E-state index contributed by atoms with van der Waals surface area (Å²) in [6.07, 6.45) is 0.963. The molecule has 0 saturated heterocycles. The highest BCUT2D eigenvalue weighted by molar-refractivity contribution is 5.89. The fourth-order valence-electron chi connectivity index (χ4n) is 1.33. The van der Waals surface area contributed by atoms with Gasteiger partial charge >= 0.3 is 5.97 Å². The lowest BCUT2D eigenvalue weighted by atomic mass is 10.1.